The summed E-state index contributed by atoms with van der Waals surface area (Å²) in [6.45, 7) is 4.39. The highest BCUT2D eigenvalue weighted by molar-refractivity contribution is 6.05. The van der Waals surface area contributed by atoms with Gasteiger partial charge in [0.05, 0.1) is 5.69 Å². The molecule has 0 atom stereocenters. The lowest BCUT2D eigenvalue weighted by atomic mass is 10.1. The molecule has 1 heterocycles. The molecule has 0 fully saturated rings. The molecule has 3 rings (SSSR count). The Morgan fingerprint density at radius 1 is 1.10 bits per heavy atom. The average Bonchev–Trinajstić information content (AvgIpc) is 3.17. The first-order valence-electron chi connectivity index (χ1n) is 9.44. The fourth-order valence-electron chi connectivity index (χ4n) is 2.95. The number of aromatic nitrogens is 2. The van der Waals surface area contributed by atoms with Gasteiger partial charge in [-0.2, -0.15) is 0 Å². The highest BCUT2D eigenvalue weighted by Crippen LogP contribution is 2.20. The second-order valence-corrected chi connectivity index (χ2v) is 6.65. The highest BCUT2D eigenvalue weighted by atomic mass is 19.1. The molecule has 0 saturated heterocycles. The molecular weight excluding hydrogens is 371 g/mol. The van der Waals surface area contributed by atoms with Crippen LogP contribution in [0.4, 0.5) is 15.8 Å². The number of halogens is 1. The van der Waals surface area contributed by atoms with Crippen molar-refractivity contribution in [2.45, 2.75) is 33.2 Å². The van der Waals surface area contributed by atoms with E-state index >= 15 is 0 Å². The molecule has 2 amide bonds. The molecule has 0 saturated carbocycles. The number of carbonyl (C=O) groups excluding carboxylic acids is 2. The fourth-order valence-corrected chi connectivity index (χ4v) is 2.95. The van der Waals surface area contributed by atoms with Crippen molar-refractivity contribution in [1.82, 2.24) is 9.55 Å². The van der Waals surface area contributed by atoms with E-state index in [9.17, 15) is 14.0 Å². The third-order valence-electron chi connectivity index (χ3n) is 4.59. The van der Waals surface area contributed by atoms with Crippen LogP contribution in [0, 0.1) is 12.7 Å². The topological polar surface area (TPSA) is 76.0 Å². The summed E-state index contributed by atoms with van der Waals surface area (Å²) < 4.78 is 15.7. The normalized spacial score (nSPS) is 10.6. The number of amides is 2. The van der Waals surface area contributed by atoms with E-state index < -0.39 is 11.7 Å². The van der Waals surface area contributed by atoms with Gasteiger partial charge in [-0.15, -0.1) is 0 Å². The zero-order valence-electron chi connectivity index (χ0n) is 16.4. The van der Waals surface area contributed by atoms with E-state index in [0.717, 1.165) is 17.8 Å². The summed E-state index contributed by atoms with van der Waals surface area (Å²) >= 11 is 0. The second kappa shape index (κ2) is 9.14. The largest absolute Gasteiger partial charge is 0.334 e. The number of nitrogens with zero attached hydrogens (tertiary/aromatic N) is 2. The Labute approximate surface area is 168 Å². The van der Waals surface area contributed by atoms with Gasteiger partial charge in [-0.05, 0) is 36.8 Å². The predicted molar refractivity (Wildman–Crippen MR) is 110 cm³/mol. The standard InChI is InChI=1S/C22H23FN4O2/c1-3-20-24-11-13-27(20)12-10-21(28)25-19-14-16(9-8-15(19)2)22(29)26-18-7-5-4-6-17(18)23/h4-9,11,13-14H,3,10,12H2,1-2H3,(H,25,28)(H,26,29). The first kappa shape index (κ1) is 20.3. The van der Waals surface area contributed by atoms with Gasteiger partial charge in [-0.25, -0.2) is 9.37 Å². The summed E-state index contributed by atoms with van der Waals surface area (Å²) in [7, 11) is 0. The number of rotatable bonds is 7. The minimum atomic E-state index is -0.507. The van der Waals surface area contributed by atoms with Crippen LogP contribution in [0.15, 0.2) is 54.9 Å². The van der Waals surface area contributed by atoms with E-state index in [1.807, 2.05) is 24.6 Å². The first-order chi connectivity index (χ1) is 14.0. The first-order valence-corrected chi connectivity index (χ1v) is 9.44. The van der Waals surface area contributed by atoms with Gasteiger partial charge < -0.3 is 15.2 Å². The van der Waals surface area contributed by atoms with Crippen LogP contribution >= 0.6 is 0 Å². The molecule has 2 N–H and O–H groups in total. The maximum atomic E-state index is 13.8. The van der Waals surface area contributed by atoms with Gasteiger partial charge in [0.25, 0.3) is 5.91 Å². The van der Waals surface area contributed by atoms with Gasteiger partial charge >= 0.3 is 0 Å². The van der Waals surface area contributed by atoms with Crippen LogP contribution in [0.2, 0.25) is 0 Å². The van der Waals surface area contributed by atoms with E-state index in [4.69, 9.17) is 0 Å². The molecule has 150 valence electrons. The number of para-hydroxylation sites is 1. The molecule has 0 spiro atoms. The minimum Gasteiger partial charge on any atom is -0.334 e. The van der Waals surface area contributed by atoms with E-state index in [1.165, 1.54) is 12.1 Å². The maximum Gasteiger partial charge on any atom is 0.255 e. The monoisotopic (exact) mass is 394 g/mol. The van der Waals surface area contributed by atoms with Crippen molar-refractivity contribution >= 4 is 23.2 Å². The van der Waals surface area contributed by atoms with Crippen molar-refractivity contribution in [3.05, 3.63) is 77.6 Å². The highest BCUT2D eigenvalue weighted by Gasteiger charge is 2.12. The zero-order valence-corrected chi connectivity index (χ0v) is 16.4. The lowest BCUT2D eigenvalue weighted by Crippen LogP contribution is -2.17. The van der Waals surface area contributed by atoms with Gasteiger partial charge in [0.1, 0.15) is 11.6 Å². The van der Waals surface area contributed by atoms with Crippen molar-refractivity contribution in [1.29, 1.82) is 0 Å². The van der Waals surface area contributed by atoms with Crippen molar-refractivity contribution < 1.29 is 14.0 Å². The zero-order chi connectivity index (χ0) is 20.8. The molecule has 0 unspecified atom stereocenters. The number of hydrogen-bond acceptors (Lipinski definition) is 3. The molecule has 0 aliphatic carbocycles. The van der Waals surface area contributed by atoms with Gasteiger partial charge in [-0.1, -0.05) is 25.1 Å². The van der Waals surface area contributed by atoms with E-state index in [1.54, 1.807) is 36.5 Å². The van der Waals surface area contributed by atoms with Gasteiger partial charge in [-0.3, -0.25) is 9.59 Å². The molecule has 0 aliphatic rings. The number of anilines is 2. The van der Waals surface area contributed by atoms with E-state index in [2.05, 4.69) is 15.6 Å². The van der Waals surface area contributed by atoms with E-state index in [0.29, 0.717) is 17.8 Å². The van der Waals surface area contributed by atoms with Gasteiger partial charge in [0.15, 0.2) is 0 Å². The number of nitrogens with one attached hydrogen (secondary N) is 2. The molecule has 0 bridgehead atoms. The van der Waals surface area contributed by atoms with Crippen LogP contribution in [0.1, 0.15) is 35.1 Å². The Hall–Kier alpha value is -3.48. The smallest absolute Gasteiger partial charge is 0.255 e. The summed E-state index contributed by atoms with van der Waals surface area (Å²) in [5.74, 6) is -0.180. The molecule has 1 aromatic heterocycles. The number of hydrogen-bond donors (Lipinski definition) is 2. The summed E-state index contributed by atoms with van der Waals surface area (Å²) in [6, 6.07) is 10.9. The molecule has 29 heavy (non-hydrogen) atoms. The SMILES string of the molecule is CCc1nccn1CCC(=O)Nc1cc(C(=O)Nc2ccccc2F)ccc1C. The Morgan fingerprint density at radius 2 is 1.90 bits per heavy atom. The lowest BCUT2D eigenvalue weighted by molar-refractivity contribution is -0.116. The number of benzene rings is 2. The summed E-state index contributed by atoms with van der Waals surface area (Å²) in [4.78, 5) is 29.1. The number of aryl methyl sites for hydroxylation is 3. The molecule has 2 aromatic carbocycles. The second-order valence-electron chi connectivity index (χ2n) is 6.65. The van der Waals surface area contributed by atoms with Crippen molar-refractivity contribution in [3.63, 3.8) is 0 Å². The molecule has 6 nitrogen and oxygen atoms in total. The van der Waals surface area contributed by atoms with Gasteiger partial charge in [0.2, 0.25) is 5.91 Å². The maximum absolute atomic E-state index is 13.8. The molecule has 3 aromatic rings. The molecule has 7 heteroatoms. The predicted octanol–water partition coefficient (Wildman–Crippen LogP) is 4.17. The average molecular weight is 394 g/mol. The summed E-state index contributed by atoms with van der Waals surface area (Å²) in [5.41, 5.74) is 1.82. The van der Waals surface area contributed by atoms with Crippen LogP contribution in [-0.2, 0) is 17.8 Å². The van der Waals surface area contributed by atoms with Crippen molar-refractivity contribution in [3.8, 4) is 0 Å². The van der Waals surface area contributed by atoms with Crippen LogP contribution in [0.3, 0.4) is 0 Å². The van der Waals surface area contributed by atoms with Crippen molar-refractivity contribution in [2.75, 3.05) is 10.6 Å². The molecular formula is C22H23FN4O2. The lowest BCUT2D eigenvalue weighted by Gasteiger charge is -2.12. The van der Waals surface area contributed by atoms with Crippen LogP contribution in [0.5, 0.6) is 0 Å². The molecule has 0 aliphatic heterocycles. The Kier molecular flexibility index (Phi) is 6.39. The Bertz CT molecular complexity index is 1030. The fraction of sp³-hybridized carbons (Fsp3) is 0.227. The number of imidazole rings is 1. The van der Waals surface area contributed by atoms with Crippen LogP contribution < -0.4 is 10.6 Å². The Morgan fingerprint density at radius 3 is 2.66 bits per heavy atom. The third kappa shape index (κ3) is 5.07. The summed E-state index contributed by atoms with van der Waals surface area (Å²) in [6.07, 6.45) is 4.66. The Balaban J connectivity index is 1.66. The molecule has 0 radical (unpaired) electrons. The summed E-state index contributed by atoms with van der Waals surface area (Å²) in [5, 5.41) is 5.40. The van der Waals surface area contributed by atoms with Crippen molar-refractivity contribution in [2.24, 2.45) is 0 Å². The van der Waals surface area contributed by atoms with Crippen LogP contribution in [-0.4, -0.2) is 21.4 Å². The minimum absolute atomic E-state index is 0.107. The van der Waals surface area contributed by atoms with Crippen LogP contribution in [0.25, 0.3) is 0 Å². The quantitative estimate of drug-likeness (QED) is 0.631. The van der Waals surface area contributed by atoms with E-state index in [-0.39, 0.29) is 18.0 Å². The number of carbonyl (C=O) groups is 2. The third-order valence-corrected chi connectivity index (χ3v) is 4.59. The van der Waals surface area contributed by atoms with Gasteiger partial charge in [0, 0.05) is 43.0 Å².